The Hall–Kier alpha value is -4.40. The SMILES string of the molecule is CNC(=O)c1c(-c2ccc(F)cc2)oc2cc(N(COC)S(C)(=O)=O)c(OCc3cccc(C#N)c3)cc12. The molecule has 0 unspecified atom stereocenters. The van der Waals surface area contributed by atoms with Gasteiger partial charge >= 0.3 is 0 Å². The summed E-state index contributed by atoms with van der Waals surface area (Å²) in [6, 6.07) is 17.3. The van der Waals surface area contributed by atoms with Gasteiger partial charge in [0.15, 0.2) is 0 Å². The minimum absolute atomic E-state index is 0.0105. The predicted octanol–water partition coefficient (Wildman–Crippen LogP) is 4.42. The van der Waals surface area contributed by atoms with Gasteiger partial charge in [0, 0.05) is 31.2 Å². The van der Waals surface area contributed by atoms with Crippen LogP contribution >= 0.6 is 0 Å². The standard InChI is InChI=1S/C27H24FN3O6S/c1-30-27(32)25-21-12-24(36-15-18-6-4-5-17(11-18)14-29)22(31(16-35-2)38(3,33)34)13-23(21)37-26(25)19-7-9-20(28)10-8-19/h4-13H,15-16H2,1-3H3,(H,30,32). The van der Waals surface area contributed by atoms with E-state index in [0.29, 0.717) is 22.1 Å². The molecule has 0 spiro atoms. The molecule has 4 aromatic rings. The molecule has 0 saturated heterocycles. The molecule has 0 atom stereocenters. The van der Waals surface area contributed by atoms with Gasteiger partial charge in [-0.2, -0.15) is 5.26 Å². The number of ether oxygens (including phenoxy) is 2. The van der Waals surface area contributed by atoms with Crippen molar-refractivity contribution in [3.05, 3.63) is 83.2 Å². The first-order valence-electron chi connectivity index (χ1n) is 11.3. The fourth-order valence-electron chi connectivity index (χ4n) is 3.93. The summed E-state index contributed by atoms with van der Waals surface area (Å²) in [6.45, 7) is -0.297. The molecule has 196 valence electrons. The van der Waals surface area contributed by atoms with Gasteiger partial charge in [0.05, 0.1) is 29.1 Å². The van der Waals surface area contributed by atoms with Crippen molar-refractivity contribution in [3.8, 4) is 23.1 Å². The Labute approximate surface area is 219 Å². The lowest BCUT2D eigenvalue weighted by molar-refractivity contribution is 0.0964. The van der Waals surface area contributed by atoms with Crippen LogP contribution in [0.2, 0.25) is 0 Å². The van der Waals surface area contributed by atoms with Gasteiger partial charge in [0.25, 0.3) is 5.91 Å². The summed E-state index contributed by atoms with van der Waals surface area (Å²) >= 11 is 0. The molecule has 0 aliphatic rings. The van der Waals surface area contributed by atoms with Crippen molar-refractivity contribution in [2.75, 3.05) is 31.4 Å². The van der Waals surface area contributed by atoms with Crippen molar-refractivity contribution in [1.29, 1.82) is 5.26 Å². The number of carbonyl (C=O) groups is 1. The number of benzene rings is 3. The van der Waals surface area contributed by atoms with Crippen LogP contribution in [0.4, 0.5) is 10.1 Å². The van der Waals surface area contributed by atoms with Gasteiger partial charge in [-0.1, -0.05) is 12.1 Å². The smallest absolute Gasteiger partial charge is 0.255 e. The first-order valence-corrected chi connectivity index (χ1v) is 13.2. The number of nitriles is 1. The van der Waals surface area contributed by atoms with Crippen LogP contribution in [-0.2, 0) is 21.4 Å². The van der Waals surface area contributed by atoms with Crippen molar-refractivity contribution < 1.29 is 31.5 Å². The van der Waals surface area contributed by atoms with Crippen LogP contribution in [0, 0.1) is 17.1 Å². The topological polar surface area (TPSA) is 122 Å². The molecular formula is C27H24FN3O6S. The number of sulfonamides is 1. The monoisotopic (exact) mass is 537 g/mol. The molecule has 0 bridgehead atoms. The number of nitrogens with one attached hydrogen (secondary N) is 1. The van der Waals surface area contributed by atoms with Crippen molar-refractivity contribution in [3.63, 3.8) is 0 Å². The maximum Gasteiger partial charge on any atom is 0.255 e. The largest absolute Gasteiger partial charge is 0.487 e. The molecule has 0 radical (unpaired) electrons. The molecule has 0 aliphatic carbocycles. The number of hydrogen-bond donors (Lipinski definition) is 1. The number of carbonyl (C=O) groups excluding carboxylic acids is 1. The molecule has 4 rings (SSSR count). The number of rotatable bonds is 9. The maximum absolute atomic E-state index is 13.6. The van der Waals surface area contributed by atoms with Gasteiger partial charge in [-0.15, -0.1) is 0 Å². The number of furan rings is 1. The van der Waals surface area contributed by atoms with E-state index in [9.17, 15) is 22.9 Å². The van der Waals surface area contributed by atoms with Gasteiger partial charge in [0.1, 0.15) is 36.2 Å². The van der Waals surface area contributed by atoms with Crippen LogP contribution in [0.25, 0.3) is 22.3 Å². The van der Waals surface area contributed by atoms with E-state index in [-0.39, 0.29) is 41.7 Å². The first-order chi connectivity index (χ1) is 18.2. The second kappa shape index (κ2) is 10.9. The molecule has 9 nitrogen and oxygen atoms in total. The fraction of sp³-hybridized carbons (Fsp3) is 0.185. The minimum Gasteiger partial charge on any atom is -0.487 e. The second-order valence-corrected chi connectivity index (χ2v) is 10.2. The van der Waals surface area contributed by atoms with Gasteiger partial charge < -0.3 is 19.2 Å². The highest BCUT2D eigenvalue weighted by molar-refractivity contribution is 7.92. The Bertz CT molecular complexity index is 1640. The lowest BCUT2D eigenvalue weighted by Crippen LogP contribution is -2.32. The van der Waals surface area contributed by atoms with Crippen LogP contribution < -0.4 is 14.4 Å². The molecule has 0 fully saturated rings. The van der Waals surface area contributed by atoms with E-state index in [1.165, 1.54) is 50.6 Å². The first kappa shape index (κ1) is 26.7. The van der Waals surface area contributed by atoms with Crippen LogP contribution in [0.5, 0.6) is 5.75 Å². The van der Waals surface area contributed by atoms with E-state index in [1.807, 2.05) is 0 Å². The van der Waals surface area contributed by atoms with E-state index in [1.54, 1.807) is 24.3 Å². The van der Waals surface area contributed by atoms with Crippen molar-refractivity contribution in [2.45, 2.75) is 6.61 Å². The Balaban J connectivity index is 1.93. The van der Waals surface area contributed by atoms with E-state index in [4.69, 9.17) is 13.9 Å². The number of anilines is 1. The molecule has 1 N–H and O–H groups in total. The average Bonchev–Trinajstić information content (AvgIpc) is 3.27. The number of fused-ring (bicyclic) bond motifs is 1. The molecule has 0 aliphatic heterocycles. The average molecular weight is 538 g/mol. The molecule has 38 heavy (non-hydrogen) atoms. The van der Waals surface area contributed by atoms with E-state index < -0.39 is 21.7 Å². The Morgan fingerprint density at radius 3 is 2.53 bits per heavy atom. The molecular weight excluding hydrogens is 513 g/mol. The lowest BCUT2D eigenvalue weighted by atomic mass is 10.0. The zero-order valence-corrected chi connectivity index (χ0v) is 21.6. The highest BCUT2D eigenvalue weighted by atomic mass is 32.2. The minimum atomic E-state index is -3.82. The highest BCUT2D eigenvalue weighted by Gasteiger charge is 2.27. The Kier molecular flexibility index (Phi) is 7.66. The maximum atomic E-state index is 13.6. The number of amides is 1. The number of hydrogen-bond acceptors (Lipinski definition) is 7. The Morgan fingerprint density at radius 1 is 1.16 bits per heavy atom. The van der Waals surface area contributed by atoms with Crippen LogP contribution in [0.15, 0.2) is 65.1 Å². The van der Waals surface area contributed by atoms with Crippen LogP contribution in [0.1, 0.15) is 21.5 Å². The molecule has 1 aromatic heterocycles. The summed E-state index contributed by atoms with van der Waals surface area (Å²) in [5.41, 5.74) is 2.09. The normalized spacial score (nSPS) is 11.2. The summed E-state index contributed by atoms with van der Waals surface area (Å²) < 4.78 is 57.2. The zero-order valence-electron chi connectivity index (χ0n) is 20.8. The van der Waals surface area contributed by atoms with Gasteiger partial charge in [-0.05, 0) is 48.0 Å². The van der Waals surface area contributed by atoms with E-state index in [0.717, 1.165) is 10.6 Å². The summed E-state index contributed by atoms with van der Waals surface area (Å²) in [5.74, 6) is -0.589. The van der Waals surface area contributed by atoms with Crippen molar-refractivity contribution >= 4 is 32.6 Å². The molecule has 11 heteroatoms. The summed E-state index contributed by atoms with van der Waals surface area (Å²) in [4.78, 5) is 12.9. The third-order valence-electron chi connectivity index (χ3n) is 5.70. The third kappa shape index (κ3) is 5.46. The number of halogens is 1. The number of methoxy groups -OCH3 is 1. The Morgan fingerprint density at radius 2 is 1.89 bits per heavy atom. The molecule has 1 amide bonds. The van der Waals surface area contributed by atoms with Gasteiger partial charge in [-0.25, -0.2) is 17.1 Å². The summed E-state index contributed by atoms with van der Waals surface area (Å²) in [5, 5.41) is 12.1. The summed E-state index contributed by atoms with van der Waals surface area (Å²) in [6.07, 6.45) is 1.03. The van der Waals surface area contributed by atoms with Gasteiger partial charge in [-0.3, -0.25) is 4.79 Å². The molecule has 0 saturated carbocycles. The summed E-state index contributed by atoms with van der Waals surface area (Å²) in [7, 11) is -1.00. The van der Waals surface area contributed by atoms with Crippen LogP contribution in [-0.4, -0.2) is 41.5 Å². The lowest BCUT2D eigenvalue weighted by Gasteiger charge is -2.24. The van der Waals surface area contributed by atoms with Gasteiger partial charge in [0.2, 0.25) is 10.0 Å². The zero-order chi connectivity index (χ0) is 27.4. The third-order valence-corrected chi connectivity index (χ3v) is 6.80. The molecule has 1 heterocycles. The second-order valence-electron chi connectivity index (χ2n) is 8.34. The molecule has 3 aromatic carbocycles. The van der Waals surface area contributed by atoms with E-state index >= 15 is 0 Å². The predicted molar refractivity (Wildman–Crippen MR) is 140 cm³/mol. The fourth-order valence-corrected chi connectivity index (χ4v) is 4.73. The van der Waals surface area contributed by atoms with Crippen molar-refractivity contribution in [1.82, 2.24) is 5.32 Å². The van der Waals surface area contributed by atoms with E-state index in [2.05, 4.69) is 11.4 Å². The number of nitrogens with zero attached hydrogens (tertiary/aromatic N) is 2. The van der Waals surface area contributed by atoms with Crippen molar-refractivity contribution in [2.24, 2.45) is 0 Å². The quantitative estimate of drug-likeness (QED) is 0.314. The van der Waals surface area contributed by atoms with Crippen LogP contribution in [0.3, 0.4) is 0 Å². The highest BCUT2D eigenvalue weighted by Crippen LogP contribution is 2.41.